The molecule has 1 atom stereocenters. The maximum atomic E-state index is 14.0. The number of phenols is 1. The van der Waals surface area contributed by atoms with E-state index in [1.165, 1.54) is 6.07 Å². The second-order valence-electron chi connectivity index (χ2n) is 14.5. The van der Waals surface area contributed by atoms with Crippen molar-refractivity contribution in [1.82, 2.24) is 19.6 Å². The van der Waals surface area contributed by atoms with Crippen molar-refractivity contribution in [2.24, 2.45) is 11.8 Å². The van der Waals surface area contributed by atoms with E-state index in [9.17, 15) is 29.1 Å². The molecule has 13 nitrogen and oxygen atoms in total. The van der Waals surface area contributed by atoms with E-state index < -0.39 is 18.2 Å². The smallest absolute Gasteiger partial charge is 0.410 e. The van der Waals surface area contributed by atoms with Gasteiger partial charge in [0.2, 0.25) is 5.91 Å². The number of nitrogens with zero attached hydrogens (tertiary/aromatic N) is 4. The van der Waals surface area contributed by atoms with E-state index in [2.05, 4.69) is 5.32 Å². The summed E-state index contributed by atoms with van der Waals surface area (Å²) in [6.45, 7) is 3.67. The van der Waals surface area contributed by atoms with Crippen LogP contribution in [-0.2, 0) is 32.0 Å². The van der Waals surface area contributed by atoms with Crippen molar-refractivity contribution < 1.29 is 38.9 Å². The van der Waals surface area contributed by atoms with Gasteiger partial charge in [-0.2, -0.15) is 0 Å². The first kappa shape index (κ1) is 37.0. The van der Waals surface area contributed by atoms with E-state index in [1.54, 1.807) is 26.8 Å². The van der Waals surface area contributed by atoms with Crippen LogP contribution in [0.15, 0.2) is 42.5 Å². The molecule has 0 aliphatic carbocycles. The highest BCUT2D eigenvalue weighted by Gasteiger charge is 2.37. The molecule has 0 saturated carbocycles. The second kappa shape index (κ2) is 16.7. The topological polar surface area (TPSA) is 160 Å². The Kier molecular flexibility index (Phi) is 11.9. The zero-order valence-electron chi connectivity index (χ0n) is 29.6. The number of amides is 5. The van der Waals surface area contributed by atoms with Crippen LogP contribution < -0.4 is 10.8 Å². The summed E-state index contributed by atoms with van der Waals surface area (Å²) in [5, 5.41) is 21.9. The van der Waals surface area contributed by atoms with Gasteiger partial charge in [-0.05, 0) is 80.0 Å². The Bertz CT molecular complexity index is 1630. The molecule has 0 unspecified atom stereocenters. The fraction of sp³-hybridized carbons (Fsp3) is 0.553. The van der Waals surface area contributed by atoms with Crippen molar-refractivity contribution in [2.45, 2.75) is 76.4 Å². The molecule has 3 saturated heterocycles. The van der Waals surface area contributed by atoms with Crippen LogP contribution in [0.1, 0.15) is 62.5 Å². The van der Waals surface area contributed by atoms with Crippen LogP contribution in [0.2, 0.25) is 0 Å². The minimum atomic E-state index is -1.08. The highest BCUT2D eigenvalue weighted by atomic mass is 16.6. The first-order chi connectivity index (χ1) is 25.0. The molecule has 0 spiro atoms. The molecule has 2 aromatic carbocycles. The number of carboxylic acid groups (broad SMARTS) is 1. The SMILES string of the molecule is [B]c1cc(C[C@@H](OC(=O)N2CCC(N3CCc4ccccc4NC3=O)CC2)C(=O)N2CCC(C3CCN(C(=O)CCC(=O)O)CC3)CC2)ccc1O. The van der Waals surface area contributed by atoms with E-state index in [0.29, 0.717) is 76.1 Å². The number of carboxylic acids is 1. The lowest BCUT2D eigenvalue weighted by Crippen LogP contribution is -2.52. The number of piperidine rings is 3. The molecular weight excluding hydrogens is 665 g/mol. The summed E-state index contributed by atoms with van der Waals surface area (Å²) in [5.41, 5.74) is 2.76. The van der Waals surface area contributed by atoms with E-state index in [0.717, 1.165) is 43.4 Å². The van der Waals surface area contributed by atoms with Gasteiger partial charge < -0.3 is 39.9 Å². The average molecular weight is 714 g/mol. The molecule has 52 heavy (non-hydrogen) atoms. The van der Waals surface area contributed by atoms with Crippen molar-refractivity contribution in [2.75, 3.05) is 51.1 Å². The lowest BCUT2D eigenvalue weighted by molar-refractivity contribution is -0.143. The van der Waals surface area contributed by atoms with Crippen molar-refractivity contribution in [3.63, 3.8) is 0 Å². The highest BCUT2D eigenvalue weighted by molar-refractivity contribution is 6.34. The summed E-state index contributed by atoms with van der Waals surface area (Å²) >= 11 is 0. The van der Waals surface area contributed by atoms with Crippen LogP contribution in [0.4, 0.5) is 15.3 Å². The second-order valence-corrected chi connectivity index (χ2v) is 14.5. The number of likely N-dealkylation sites (tertiary alicyclic amines) is 3. The summed E-state index contributed by atoms with van der Waals surface area (Å²) < 4.78 is 5.98. The maximum absolute atomic E-state index is 14.0. The molecule has 0 aromatic heterocycles. The minimum Gasteiger partial charge on any atom is -0.509 e. The number of urea groups is 1. The van der Waals surface area contributed by atoms with Crippen LogP contribution in [0.5, 0.6) is 5.75 Å². The minimum absolute atomic E-state index is 0.0221. The van der Waals surface area contributed by atoms with Gasteiger partial charge in [-0.15, -0.1) is 0 Å². The van der Waals surface area contributed by atoms with Crippen molar-refractivity contribution in [3.05, 3.63) is 53.6 Å². The lowest BCUT2D eigenvalue weighted by atomic mass is 9.78. The summed E-state index contributed by atoms with van der Waals surface area (Å²) in [4.78, 5) is 70.9. The highest BCUT2D eigenvalue weighted by Crippen LogP contribution is 2.33. The molecule has 14 heteroatoms. The van der Waals surface area contributed by atoms with Crippen LogP contribution in [0.3, 0.4) is 0 Å². The zero-order valence-corrected chi connectivity index (χ0v) is 29.6. The molecule has 3 N–H and O–H groups in total. The predicted molar refractivity (Wildman–Crippen MR) is 193 cm³/mol. The molecule has 4 aliphatic rings. The largest absolute Gasteiger partial charge is 0.509 e. The van der Waals surface area contributed by atoms with Gasteiger partial charge in [-0.1, -0.05) is 35.8 Å². The Labute approximate surface area is 305 Å². The van der Waals surface area contributed by atoms with Gasteiger partial charge in [-0.25, -0.2) is 9.59 Å². The van der Waals surface area contributed by atoms with Gasteiger partial charge in [0, 0.05) is 70.4 Å². The van der Waals surface area contributed by atoms with Gasteiger partial charge >= 0.3 is 18.1 Å². The Morgan fingerprint density at radius 3 is 2.12 bits per heavy atom. The average Bonchev–Trinajstić information content (AvgIpc) is 3.32. The number of aliphatic carboxylic acids is 1. The standard InChI is InChI=1S/C38H48BN5O8/c39-30-23-25(5-6-32(30)45)24-33(36(49)42-18-11-27(12-19-42)26-9-16-41(17-10-26)34(46)7-8-35(47)48)52-38(51)43-20-14-29(15-21-43)44-22-13-28-3-1-2-4-31(28)40-37(44)50/h1-6,23,26-27,29,33,45H,7-22,24H2,(H,40,50)(H,47,48)/t33-/m1/s1. The molecule has 2 aromatic rings. The summed E-state index contributed by atoms with van der Waals surface area (Å²) in [5.74, 6) is -0.592. The van der Waals surface area contributed by atoms with Gasteiger partial charge in [0.15, 0.2) is 6.10 Å². The first-order valence-corrected chi connectivity index (χ1v) is 18.5. The first-order valence-electron chi connectivity index (χ1n) is 18.5. The third-order valence-electron chi connectivity index (χ3n) is 11.3. The predicted octanol–water partition coefficient (Wildman–Crippen LogP) is 3.13. The molecule has 6 rings (SSSR count). The number of aromatic hydroxyl groups is 1. The quantitative estimate of drug-likeness (QED) is 0.335. The number of rotatable bonds is 9. The molecule has 276 valence electrons. The number of carbonyl (C=O) groups excluding carboxylic acids is 4. The van der Waals surface area contributed by atoms with Crippen LogP contribution in [0, 0.1) is 11.8 Å². The van der Waals surface area contributed by atoms with E-state index in [4.69, 9.17) is 17.7 Å². The van der Waals surface area contributed by atoms with Crippen LogP contribution in [0.25, 0.3) is 0 Å². The summed E-state index contributed by atoms with van der Waals surface area (Å²) in [6.07, 6.45) is 3.56. The monoisotopic (exact) mass is 713 g/mol. The third kappa shape index (κ3) is 9.00. The van der Waals surface area contributed by atoms with Crippen molar-refractivity contribution in [3.8, 4) is 5.75 Å². The van der Waals surface area contributed by atoms with Crippen molar-refractivity contribution in [1.29, 1.82) is 0 Å². The maximum Gasteiger partial charge on any atom is 0.410 e. The number of carbonyl (C=O) groups is 5. The summed E-state index contributed by atoms with van der Waals surface area (Å²) in [6, 6.07) is 12.4. The molecule has 0 bridgehead atoms. The Balaban J connectivity index is 1.03. The number of phenolic OH excluding ortho intramolecular Hbond substituents is 1. The number of para-hydroxylation sites is 1. The molecule has 2 radical (unpaired) electrons. The third-order valence-corrected chi connectivity index (χ3v) is 11.3. The summed E-state index contributed by atoms with van der Waals surface area (Å²) in [7, 11) is 5.95. The lowest BCUT2D eigenvalue weighted by Gasteiger charge is -2.41. The molecule has 5 amide bonds. The molecule has 3 fully saturated rings. The zero-order chi connectivity index (χ0) is 36.8. The van der Waals surface area contributed by atoms with E-state index in [-0.39, 0.29) is 54.4 Å². The van der Waals surface area contributed by atoms with E-state index >= 15 is 0 Å². The van der Waals surface area contributed by atoms with Crippen LogP contribution >= 0.6 is 0 Å². The fourth-order valence-corrected chi connectivity index (χ4v) is 8.21. The Morgan fingerprint density at radius 1 is 0.827 bits per heavy atom. The van der Waals surface area contributed by atoms with Gasteiger partial charge in [0.1, 0.15) is 13.6 Å². The van der Waals surface area contributed by atoms with Gasteiger partial charge in [0.05, 0.1) is 6.42 Å². The Hall–Kier alpha value is -4.75. The molecular formula is C38H48BN5O8. The Morgan fingerprint density at radius 2 is 1.46 bits per heavy atom. The number of ether oxygens (including phenoxy) is 1. The fourth-order valence-electron chi connectivity index (χ4n) is 8.21. The number of benzene rings is 2. The number of hydrogen-bond acceptors (Lipinski definition) is 7. The van der Waals surface area contributed by atoms with Gasteiger partial charge in [-0.3, -0.25) is 14.4 Å². The number of fused-ring (bicyclic) bond motifs is 1. The van der Waals surface area contributed by atoms with Crippen molar-refractivity contribution >= 4 is 48.9 Å². The molecule has 4 aliphatic heterocycles. The van der Waals surface area contributed by atoms with Gasteiger partial charge in [0.25, 0.3) is 5.91 Å². The molecule has 4 heterocycles. The number of anilines is 1. The number of hydrogen-bond donors (Lipinski definition) is 3. The number of nitrogens with one attached hydrogen (secondary N) is 1. The van der Waals surface area contributed by atoms with E-state index in [1.807, 2.05) is 29.2 Å². The normalized spacial score (nSPS) is 19.7. The van der Waals surface area contributed by atoms with Crippen LogP contribution in [-0.4, -0.2) is 126 Å².